The van der Waals surface area contributed by atoms with Gasteiger partial charge in [0.2, 0.25) is 0 Å². The molecular weight excluding hydrogens is 330 g/mol. The van der Waals surface area contributed by atoms with Crippen LogP contribution in [-0.2, 0) is 13.0 Å². The molecule has 0 bridgehead atoms. The number of anilines is 1. The first kappa shape index (κ1) is 16.5. The zero-order chi connectivity index (χ0) is 18.3. The van der Waals surface area contributed by atoms with E-state index in [4.69, 9.17) is 9.15 Å². The number of aryl methyl sites for hydroxylation is 2. The number of hydrogen-bond acceptors (Lipinski definition) is 5. The van der Waals surface area contributed by atoms with Crippen molar-refractivity contribution in [1.29, 1.82) is 0 Å². The third kappa shape index (κ3) is 2.69. The number of aromatic hydroxyl groups is 1. The van der Waals surface area contributed by atoms with E-state index in [1.807, 2.05) is 18.2 Å². The fourth-order valence-electron chi connectivity index (χ4n) is 3.78. The van der Waals surface area contributed by atoms with E-state index in [-0.39, 0.29) is 5.75 Å². The highest BCUT2D eigenvalue weighted by Gasteiger charge is 2.22. The smallest absolute Gasteiger partial charge is 0.336 e. The van der Waals surface area contributed by atoms with Crippen LogP contribution in [0.4, 0.5) is 5.69 Å². The molecule has 0 unspecified atom stereocenters. The highest BCUT2D eigenvalue weighted by molar-refractivity contribution is 5.85. The Balaban J connectivity index is 1.83. The van der Waals surface area contributed by atoms with E-state index in [1.54, 1.807) is 26.2 Å². The first-order valence-corrected chi connectivity index (χ1v) is 8.74. The number of phenolic OH excluding ortho intramolecular Hbond substituents is 1. The number of phenols is 1. The summed E-state index contributed by atoms with van der Waals surface area (Å²) in [4.78, 5) is 14.3. The molecule has 0 aliphatic carbocycles. The molecule has 2 heterocycles. The lowest BCUT2D eigenvalue weighted by atomic mass is 9.99. The van der Waals surface area contributed by atoms with Gasteiger partial charge in [-0.3, -0.25) is 0 Å². The van der Waals surface area contributed by atoms with Gasteiger partial charge in [-0.25, -0.2) is 4.79 Å². The number of benzene rings is 2. The second kappa shape index (κ2) is 6.41. The summed E-state index contributed by atoms with van der Waals surface area (Å²) in [7, 11) is 1.68. The van der Waals surface area contributed by atoms with E-state index in [0.717, 1.165) is 41.8 Å². The van der Waals surface area contributed by atoms with Crippen LogP contribution < -0.4 is 15.3 Å². The predicted molar refractivity (Wildman–Crippen MR) is 101 cm³/mol. The van der Waals surface area contributed by atoms with Gasteiger partial charge in [-0.2, -0.15) is 0 Å². The lowest BCUT2D eigenvalue weighted by Gasteiger charge is -2.33. The van der Waals surface area contributed by atoms with Crippen molar-refractivity contribution in [1.82, 2.24) is 0 Å². The maximum Gasteiger partial charge on any atom is 0.336 e. The van der Waals surface area contributed by atoms with Crippen molar-refractivity contribution in [3.63, 3.8) is 0 Å². The van der Waals surface area contributed by atoms with Crippen LogP contribution in [0, 0.1) is 6.92 Å². The number of fused-ring (bicyclic) bond motifs is 2. The van der Waals surface area contributed by atoms with Gasteiger partial charge in [0, 0.05) is 30.1 Å². The number of para-hydroxylation sites is 1. The van der Waals surface area contributed by atoms with Crippen molar-refractivity contribution in [3.05, 3.63) is 63.5 Å². The van der Waals surface area contributed by atoms with Gasteiger partial charge >= 0.3 is 5.63 Å². The first-order valence-electron chi connectivity index (χ1n) is 8.74. The fraction of sp³-hybridized carbons (Fsp3) is 0.286. The number of rotatable bonds is 3. The van der Waals surface area contributed by atoms with Crippen molar-refractivity contribution in [2.24, 2.45) is 0 Å². The minimum atomic E-state index is -0.404. The molecule has 5 nitrogen and oxygen atoms in total. The van der Waals surface area contributed by atoms with Gasteiger partial charge in [0.1, 0.15) is 17.1 Å². The first-order chi connectivity index (χ1) is 12.6. The molecule has 0 radical (unpaired) electrons. The molecule has 26 heavy (non-hydrogen) atoms. The van der Waals surface area contributed by atoms with Crippen molar-refractivity contribution < 1.29 is 14.3 Å². The molecule has 134 valence electrons. The molecule has 1 aliphatic heterocycles. The molecule has 5 heteroatoms. The molecule has 0 amide bonds. The fourth-order valence-corrected chi connectivity index (χ4v) is 3.78. The van der Waals surface area contributed by atoms with Gasteiger partial charge in [-0.15, -0.1) is 0 Å². The lowest BCUT2D eigenvalue weighted by Crippen LogP contribution is -2.29. The van der Waals surface area contributed by atoms with Gasteiger partial charge in [-0.1, -0.05) is 12.1 Å². The van der Waals surface area contributed by atoms with Crippen LogP contribution in [0.15, 0.2) is 45.6 Å². The average molecular weight is 351 g/mol. The normalized spacial score (nSPS) is 13.7. The van der Waals surface area contributed by atoms with Crippen LogP contribution in [0.25, 0.3) is 11.0 Å². The molecule has 1 aliphatic rings. The van der Waals surface area contributed by atoms with Gasteiger partial charge in [0.15, 0.2) is 0 Å². The largest absolute Gasteiger partial charge is 0.508 e. The van der Waals surface area contributed by atoms with Gasteiger partial charge in [0.05, 0.1) is 12.8 Å². The Hall–Kier alpha value is -2.95. The number of methoxy groups -OCH3 is 1. The highest BCUT2D eigenvalue weighted by atomic mass is 16.5. The Morgan fingerprint density at radius 2 is 2.12 bits per heavy atom. The minimum Gasteiger partial charge on any atom is -0.508 e. The third-order valence-electron chi connectivity index (χ3n) is 5.07. The summed E-state index contributed by atoms with van der Waals surface area (Å²) in [5.41, 5.74) is 3.87. The number of nitrogens with zero attached hydrogens (tertiary/aromatic N) is 1. The number of hydrogen-bond donors (Lipinski definition) is 1. The van der Waals surface area contributed by atoms with E-state index >= 15 is 0 Å². The van der Waals surface area contributed by atoms with E-state index in [0.29, 0.717) is 17.7 Å². The molecular formula is C21H21NO4. The Morgan fingerprint density at radius 1 is 1.27 bits per heavy atom. The molecule has 0 atom stereocenters. The van der Waals surface area contributed by atoms with Crippen LogP contribution >= 0.6 is 0 Å². The minimum absolute atomic E-state index is 0.128. The Labute approximate surface area is 151 Å². The van der Waals surface area contributed by atoms with Crippen molar-refractivity contribution in [3.8, 4) is 11.5 Å². The molecule has 1 N–H and O–H groups in total. The summed E-state index contributed by atoms with van der Waals surface area (Å²) < 4.78 is 10.9. The van der Waals surface area contributed by atoms with E-state index < -0.39 is 5.63 Å². The van der Waals surface area contributed by atoms with Crippen LogP contribution in [0.3, 0.4) is 0 Å². The molecule has 0 fully saturated rings. The van der Waals surface area contributed by atoms with Gasteiger partial charge in [-0.05, 0) is 49.1 Å². The molecule has 0 spiro atoms. The van der Waals surface area contributed by atoms with E-state index in [9.17, 15) is 9.90 Å². The highest BCUT2D eigenvalue weighted by Crippen LogP contribution is 2.37. The van der Waals surface area contributed by atoms with Crippen LogP contribution in [0.2, 0.25) is 0 Å². The lowest BCUT2D eigenvalue weighted by molar-refractivity contribution is 0.412. The monoisotopic (exact) mass is 351 g/mol. The van der Waals surface area contributed by atoms with Crippen molar-refractivity contribution in [2.75, 3.05) is 18.6 Å². The standard InChI is InChI=1S/C21H21NO4/c1-13-17(23)9-8-16-15(11-19(24)26-21(13)16)12-22-10-4-6-14-5-3-7-18(25-2)20(14)22/h3,5,7-9,11,23H,4,6,10,12H2,1-2H3. The van der Waals surface area contributed by atoms with Gasteiger partial charge < -0.3 is 19.2 Å². The summed E-state index contributed by atoms with van der Waals surface area (Å²) in [6, 6.07) is 11.1. The Kier molecular flexibility index (Phi) is 4.07. The summed E-state index contributed by atoms with van der Waals surface area (Å²) in [6.45, 7) is 3.23. The molecule has 0 saturated carbocycles. The molecule has 2 aromatic carbocycles. The van der Waals surface area contributed by atoms with Crippen LogP contribution in [0.5, 0.6) is 11.5 Å². The number of ether oxygens (including phenoxy) is 1. The SMILES string of the molecule is COc1cccc2c1N(Cc1cc(=O)oc3c(C)c(O)ccc13)CCC2. The van der Waals surface area contributed by atoms with Crippen LogP contribution in [-0.4, -0.2) is 18.8 Å². The zero-order valence-electron chi connectivity index (χ0n) is 14.9. The predicted octanol–water partition coefficient (Wildman–Crippen LogP) is 3.77. The summed E-state index contributed by atoms with van der Waals surface area (Å²) in [5, 5.41) is 10.8. The maximum absolute atomic E-state index is 12.1. The van der Waals surface area contributed by atoms with Gasteiger partial charge in [0.25, 0.3) is 0 Å². The second-order valence-corrected chi connectivity index (χ2v) is 6.67. The molecule has 0 saturated heterocycles. The van der Waals surface area contributed by atoms with E-state index in [1.165, 1.54) is 5.56 Å². The quantitative estimate of drug-likeness (QED) is 0.728. The molecule has 1 aromatic heterocycles. The van der Waals surface area contributed by atoms with Crippen molar-refractivity contribution >= 4 is 16.7 Å². The maximum atomic E-state index is 12.1. The Bertz CT molecular complexity index is 1020. The summed E-state index contributed by atoms with van der Waals surface area (Å²) >= 11 is 0. The zero-order valence-corrected chi connectivity index (χ0v) is 14.9. The second-order valence-electron chi connectivity index (χ2n) is 6.67. The Morgan fingerprint density at radius 3 is 2.92 bits per heavy atom. The third-order valence-corrected chi connectivity index (χ3v) is 5.07. The molecule has 4 rings (SSSR count). The summed E-state index contributed by atoms with van der Waals surface area (Å²) in [6.07, 6.45) is 2.08. The summed E-state index contributed by atoms with van der Waals surface area (Å²) in [5.74, 6) is 0.978. The van der Waals surface area contributed by atoms with Crippen LogP contribution in [0.1, 0.15) is 23.1 Å². The average Bonchev–Trinajstić information content (AvgIpc) is 2.64. The van der Waals surface area contributed by atoms with Crippen molar-refractivity contribution in [2.45, 2.75) is 26.3 Å². The molecule has 3 aromatic rings. The topological polar surface area (TPSA) is 62.9 Å². The van der Waals surface area contributed by atoms with E-state index in [2.05, 4.69) is 11.0 Å².